The van der Waals surface area contributed by atoms with Crippen molar-refractivity contribution in [3.8, 4) is 5.75 Å². The highest BCUT2D eigenvalue weighted by molar-refractivity contribution is 6.42. The number of rotatable bonds is 6. The molecular weight excluding hydrogens is 362 g/mol. The second-order valence-electron chi connectivity index (χ2n) is 4.55. The highest BCUT2D eigenvalue weighted by Crippen LogP contribution is 2.27. The van der Waals surface area contributed by atoms with Gasteiger partial charge < -0.3 is 15.2 Å². The summed E-state index contributed by atoms with van der Waals surface area (Å²) >= 11 is 11.5. The molecule has 0 aliphatic carbocycles. The molecule has 2 N–H and O–H groups in total. The van der Waals surface area contributed by atoms with Crippen molar-refractivity contribution in [2.24, 2.45) is 0 Å². The zero-order chi connectivity index (χ0) is 17.8. The highest BCUT2D eigenvalue weighted by Gasteiger charge is 2.37. The van der Waals surface area contributed by atoms with Crippen molar-refractivity contribution in [3.05, 3.63) is 28.2 Å². The predicted molar refractivity (Wildman–Crippen MR) is 76.8 cm³/mol. The summed E-state index contributed by atoms with van der Waals surface area (Å²) < 4.78 is 42.0. The van der Waals surface area contributed by atoms with Crippen LogP contribution in [0.25, 0.3) is 0 Å². The quantitative estimate of drug-likeness (QED) is 0.802. The zero-order valence-corrected chi connectivity index (χ0v) is 13.2. The van der Waals surface area contributed by atoms with Crippen molar-refractivity contribution >= 4 is 35.1 Å². The van der Waals surface area contributed by atoms with Gasteiger partial charge in [0, 0.05) is 6.07 Å². The summed E-state index contributed by atoms with van der Waals surface area (Å²) in [6.07, 6.45) is -7.65. The number of hydrogen-bond donors (Lipinski definition) is 2. The van der Waals surface area contributed by atoms with Gasteiger partial charge in [0.2, 0.25) is 0 Å². The van der Waals surface area contributed by atoms with Gasteiger partial charge in [-0.3, -0.25) is 4.79 Å². The van der Waals surface area contributed by atoms with E-state index in [1.165, 1.54) is 25.1 Å². The molecule has 0 heterocycles. The lowest BCUT2D eigenvalue weighted by Gasteiger charge is -2.20. The van der Waals surface area contributed by atoms with Crippen LogP contribution in [-0.4, -0.2) is 35.3 Å². The second kappa shape index (κ2) is 7.74. The minimum absolute atomic E-state index is 0.157. The average Bonchev–Trinajstić information content (AvgIpc) is 2.40. The molecule has 1 rings (SSSR count). The van der Waals surface area contributed by atoms with E-state index < -0.39 is 36.6 Å². The molecule has 0 spiro atoms. The number of carboxylic acid groups (broad SMARTS) is 1. The highest BCUT2D eigenvalue weighted by atomic mass is 35.5. The molecule has 10 heteroatoms. The minimum atomic E-state index is -4.73. The van der Waals surface area contributed by atoms with E-state index in [0.29, 0.717) is 0 Å². The lowest BCUT2D eigenvalue weighted by Crippen LogP contribution is -2.48. The van der Waals surface area contributed by atoms with E-state index in [2.05, 4.69) is 0 Å². The number of nitrogens with one attached hydrogen (secondary N) is 1. The number of benzene rings is 1. The van der Waals surface area contributed by atoms with Crippen LogP contribution in [0.15, 0.2) is 18.2 Å². The van der Waals surface area contributed by atoms with Crippen LogP contribution in [0.3, 0.4) is 0 Å². The maximum atomic E-state index is 12.3. The van der Waals surface area contributed by atoms with Gasteiger partial charge in [0.25, 0.3) is 5.91 Å². The number of carbonyl (C=O) groups is 2. The molecule has 0 aliphatic rings. The SMILES string of the molecule is CC(Oc1ccc(Cl)c(Cl)c1)C(=O)NC(CC(F)(F)F)C(=O)O. The van der Waals surface area contributed by atoms with E-state index in [9.17, 15) is 22.8 Å². The molecule has 1 aromatic rings. The van der Waals surface area contributed by atoms with Crippen molar-refractivity contribution in [1.82, 2.24) is 5.32 Å². The van der Waals surface area contributed by atoms with Gasteiger partial charge in [-0.1, -0.05) is 23.2 Å². The Morgan fingerprint density at radius 3 is 2.39 bits per heavy atom. The molecule has 1 aromatic carbocycles. The van der Waals surface area contributed by atoms with Crippen LogP contribution in [0.4, 0.5) is 13.2 Å². The standard InChI is InChI=1S/C13H12Cl2F3NO4/c1-6(23-7-2-3-8(14)9(15)4-7)11(20)19-10(12(21)22)5-13(16,17)18/h2-4,6,10H,5H2,1H3,(H,19,20)(H,21,22). The summed E-state index contributed by atoms with van der Waals surface area (Å²) in [7, 11) is 0. The Labute approximate surface area is 139 Å². The number of halogens is 5. The van der Waals surface area contributed by atoms with Gasteiger partial charge in [-0.15, -0.1) is 0 Å². The molecule has 2 atom stereocenters. The Balaban J connectivity index is 2.71. The molecule has 23 heavy (non-hydrogen) atoms. The van der Waals surface area contributed by atoms with Crippen LogP contribution in [0, 0.1) is 0 Å². The van der Waals surface area contributed by atoms with Crippen molar-refractivity contribution in [2.75, 3.05) is 0 Å². The van der Waals surface area contributed by atoms with Gasteiger partial charge >= 0.3 is 12.1 Å². The maximum Gasteiger partial charge on any atom is 0.391 e. The maximum absolute atomic E-state index is 12.3. The molecule has 0 saturated carbocycles. The van der Waals surface area contributed by atoms with Crippen molar-refractivity contribution in [2.45, 2.75) is 31.7 Å². The lowest BCUT2D eigenvalue weighted by atomic mass is 10.2. The summed E-state index contributed by atoms with van der Waals surface area (Å²) in [6.45, 7) is 1.25. The normalized spacial score (nSPS) is 14.0. The molecule has 0 aliphatic heterocycles. The van der Waals surface area contributed by atoms with Gasteiger partial charge in [0.05, 0.1) is 16.5 Å². The summed E-state index contributed by atoms with van der Waals surface area (Å²) in [5, 5.41) is 10.9. The van der Waals surface area contributed by atoms with Gasteiger partial charge in [-0.05, 0) is 19.1 Å². The predicted octanol–water partition coefficient (Wildman–Crippen LogP) is 3.28. The van der Waals surface area contributed by atoms with E-state index in [0.717, 1.165) is 0 Å². The molecule has 0 bridgehead atoms. The first-order valence-corrected chi connectivity index (χ1v) is 6.97. The van der Waals surface area contributed by atoms with Crippen LogP contribution >= 0.6 is 23.2 Å². The fourth-order valence-electron chi connectivity index (χ4n) is 1.53. The molecule has 0 saturated heterocycles. The lowest BCUT2D eigenvalue weighted by molar-refractivity contribution is -0.160. The monoisotopic (exact) mass is 373 g/mol. The van der Waals surface area contributed by atoms with Crippen LogP contribution < -0.4 is 10.1 Å². The van der Waals surface area contributed by atoms with Gasteiger partial charge in [-0.2, -0.15) is 13.2 Å². The Morgan fingerprint density at radius 2 is 1.91 bits per heavy atom. The number of amides is 1. The number of hydrogen-bond acceptors (Lipinski definition) is 3. The Hall–Kier alpha value is -1.67. The summed E-state index contributed by atoms with van der Waals surface area (Å²) in [6, 6.07) is 2.04. The third-order valence-corrected chi connectivity index (χ3v) is 3.36. The van der Waals surface area contributed by atoms with E-state index >= 15 is 0 Å². The Morgan fingerprint density at radius 1 is 1.30 bits per heavy atom. The van der Waals surface area contributed by atoms with E-state index in [1.807, 2.05) is 0 Å². The van der Waals surface area contributed by atoms with Crippen molar-refractivity contribution < 1.29 is 32.6 Å². The molecule has 0 aromatic heterocycles. The fraction of sp³-hybridized carbons (Fsp3) is 0.385. The molecular formula is C13H12Cl2F3NO4. The van der Waals surface area contributed by atoms with Gasteiger partial charge in [0.1, 0.15) is 11.8 Å². The Kier molecular flexibility index (Phi) is 6.52. The van der Waals surface area contributed by atoms with Gasteiger partial charge in [-0.25, -0.2) is 4.79 Å². The van der Waals surface area contributed by atoms with Crippen LogP contribution in [-0.2, 0) is 9.59 Å². The topological polar surface area (TPSA) is 75.6 Å². The van der Waals surface area contributed by atoms with Crippen LogP contribution in [0.2, 0.25) is 10.0 Å². The third-order valence-electron chi connectivity index (χ3n) is 2.62. The number of carboxylic acids is 1. The summed E-state index contributed by atoms with van der Waals surface area (Å²) in [5.41, 5.74) is 0. The number of alkyl halides is 3. The molecule has 0 radical (unpaired) electrons. The van der Waals surface area contributed by atoms with Crippen molar-refractivity contribution in [3.63, 3.8) is 0 Å². The van der Waals surface area contributed by atoms with E-state index in [1.54, 1.807) is 5.32 Å². The second-order valence-corrected chi connectivity index (χ2v) is 5.37. The summed E-state index contributed by atoms with van der Waals surface area (Å²) in [5.74, 6) is -2.64. The smallest absolute Gasteiger partial charge is 0.391 e. The van der Waals surface area contributed by atoms with Crippen molar-refractivity contribution in [1.29, 1.82) is 0 Å². The molecule has 1 amide bonds. The molecule has 0 fully saturated rings. The summed E-state index contributed by atoms with van der Waals surface area (Å²) in [4.78, 5) is 22.6. The molecule has 5 nitrogen and oxygen atoms in total. The Bertz CT molecular complexity index is 595. The van der Waals surface area contributed by atoms with Crippen LogP contribution in [0.1, 0.15) is 13.3 Å². The molecule has 2 unspecified atom stereocenters. The zero-order valence-electron chi connectivity index (χ0n) is 11.7. The third kappa shape index (κ3) is 6.54. The fourth-order valence-corrected chi connectivity index (χ4v) is 1.82. The van der Waals surface area contributed by atoms with E-state index in [4.69, 9.17) is 33.0 Å². The first kappa shape index (κ1) is 19.4. The largest absolute Gasteiger partial charge is 0.481 e. The number of aliphatic carboxylic acids is 1. The first-order chi connectivity index (χ1) is 10.5. The van der Waals surface area contributed by atoms with Gasteiger partial charge in [0.15, 0.2) is 6.10 Å². The number of ether oxygens (including phenoxy) is 1. The first-order valence-electron chi connectivity index (χ1n) is 6.21. The number of carbonyl (C=O) groups excluding carboxylic acids is 1. The van der Waals surface area contributed by atoms with E-state index in [-0.39, 0.29) is 15.8 Å². The molecule has 128 valence electrons. The van der Waals surface area contributed by atoms with Crippen LogP contribution in [0.5, 0.6) is 5.75 Å². The average molecular weight is 374 g/mol. The minimum Gasteiger partial charge on any atom is -0.481 e.